The number of hydrogen-bond donors (Lipinski definition) is 1. The summed E-state index contributed by atoms with van der Waals surface area (Å²) in [7, 11) is 1.28. The molecular formula is C19H22N4O3S. The highest BCUT2D eigenvalue weighted by Gasteiger charge is 2.19. The second kappa shape index (κ2) is 8.64. The molecule has 2 aromatic heterocycles. The number of anilines is 1. The number of aryl methyl sites for hydroxylation is 2. The first-order valence-electron chi connectivity index (χ1n) is 8.47. The molecule has 2 heterocycles. The van der Waals surface area contributed by atoms with Crippen LogP contribution in [0.3, 0.4) is 0 Å². The fourth-order valence-corrected chi connectivity index (χ4v) is 3.62. The van der Waals surface area contributed by atoms with Crippen LogP contribution in [0, 0.1) is 32.1 Å². The van der Waals surface area contributed by atoms with Crippen molar-refractivity contribution < 1.29 is 14.3 Å². The summed E-state index contributed by atoms with van der Waals surface area (Å²) >= 11 is 1.01. The van der Waals surface area contributed by atoms with Gasteiger partial charge in [-0.1, -0.05) is 18.3 Å². The van der Waals surface area contributed by atoms with E-state index in [1.165, 1.54) is 7.11 Å². The molecule has 0 aliphatic heterocycles. The van der Waals surface area contributed by atoms with Crippen LogP contribution in [0.2, 0.25) is 0 Å². The molecule has 8 heteroatoms. The van der Waals surface area contributed by atoms with Gasteiger partial charge in [0, 0.05) is 17.9 Å². The van der Waals surface area contributed by atoms with Gasteiger partial charge in [-0.15, -0.1) is 0 Å². The van der Waals surface area contributed by atoms with Crippen molar-refractivity contribution in [3.63, 3.8) is 0 Å². The van der Waals surface area contributed by atoms with Gasteiger partial charge in [-0.25, -0.2) is 9.78 Å². The van der Waals surface area contributed by atoms with Crippen LogP contribution in [0.1, 0.15) is 45.7 Å². The third-order valence-electron chi connectivity index (χ3n) is 4.11. The van der Waals surface area contributed by atoms with Gasteiger partial charge < -0.3 is 9.30 Å². The maximum Gasteiger partial charge on any atom is 0.350 e. The SMILES string of the molecule is CCCn1c(C)cc(C=C(C#N)C(=O)Nc2nc(C)c(C(=O)OC)s2)c1C. The highest BCUT2D eigenvalue weighted by atomic mass is 32.1. The minimum Gasteiger partial charge on any atom is -0.465 e. The number of amides is 1. The third-order valence-corrected chi connectivity index (χ3v) is 5.17. The highest BCUT2D eigenvalue weighted by Crippen LogP contribution is 2.24. The van der Waals surface area contributed by atoms with Crippen molar-refractivity contribution in [2.45, 2.75) is 40.7 Å². The van der Waals surface area contributed by atoms with E-state index in [1.807, 2.05) is 26.0 Å². The fourth-order valence-electron chi connectivity index (χ4n) is 2.74. The molecule has 0 saturated carbocycles. The molecule has 2 rings (SSSR count). The Morgan fingerprint density at radius 3 is 2.70 bits per heavy atom. The molecule has 1 N–H and O–H groups in total. The van der Waals surface area contributed by atoms with Gasteiger partial charge in [0.15, 0.2) is 5.13 Å². The summed E-state index contributed by atoms with van der Waals surface area (Å²) in [6.07, 6.45) is 2.57. The van der Waals surface area contributed by atoms with Crippen LogP contribution in [-0.4, -0.2) is 28.5 Å². The quantitative estimate of drug-likeness (QED) is 0.465. The van der Waals surface area contributed by atoms with Crippen LogP contribution in [0.5, 0.6) is 0 Å². The summed E-state index contributed by atoms with van der Waals surface area (Å²) in [6.45, 7) is 8.60. The Hall–Kier alpha value is -2.92. The largest absolute Gasteiger partial charge is 0.465 e. The molecule has 0 aromatic carbocycles. The molecule has 1 amide bonds. The van der Waals surface area contributed by atoms with Crippen LogP contribution >= 0.6 is 11.3 Å². The van der Waals surface area contributed by atoms with Crippen LogP contribution in [0.15, 0.2) is 11.6 Å². The number of carbonyl (C=O) groups excluding carboxylic acids is 2. The zero-order chi connectivity index (χ0) is 20.1. The normalized spacial score (nSPS) is 11.2. The van der Waals surface area contributed by atoms with Crippen molar-refractivity contribution >= 4 is 34.4 Å². The van der Waals surface area contributed by atoms with Crippen LogP contribution < -0.4 is 5.32 Å². The van der Waals surface area contributed by atoms with Crippen molar-refractivity contribution in [2.24, 2.45) is 0 Å². The number of nitrogens with zero attached hydrogens (tertiary/aromatic N) is 3. The van der Waals surface area contributed by atoms with Gasteiger partial charge in [0.25, 0.3) is 5.91 Å². The molecule has 0 spiro atoms. The van der Waals surface area contributed by atoms with E-state index < -0.39 is 11.9 Å². The smallest absolute Gasteiger partial charge is 0.350 e. The molecule has 0 unspecified atom stereocenters. The Morgan fingerprint density at radius 2 is 2.11 bits per heavy atom. The van der Waals surface area contributed by atoms with Crippen molar-refractivity contribution in [2.75, 3.05) is 12.4 Å². The van der Waals surface area contributed by atoms with Crippen molar-refractivity contribution in [1.82, 2.24) is 9.55 Å². The number of hydrogen-bond acceptors (Lipinski definition) is 6. The lowest BCUT2D eigenvalue weighted by molar-refractivity contribution is -0.112. The summed E-state index contributed by atoms with van der Waals surface area (Å²) in [5.74, 6) is -1.08. The van der Waals surface area contributed by atoms with E-state index in [9.17, 15) is 14.9 Å². The van der Waals surface area contributed by atoms with E-state index in [2.05, 4.69) is 26.5 Å². The number of rotatable bonds is 6. The number of methoxy groups -OCH3 is 1. The van der Waals surface area contributed by atoms with Gasteiger partial charge in [0.05, 0.1) is 12.8 Å². The number of esters is 1. The zero-order valence-corrected chi connectivity index (χ0v) is 16.9. The summed E-state index contributed by atoms with van der Waals surface area (Å²) in [5.41, 5.74) is 3.36. The number of carbonyl (C=O) groups is 2. The van der Waals surface area contributed by atoms with Crippen LogP contribution in [0.25, 0.3) is 6.08 Å². The third kappa shape index (κ3) is 4.44. The van der Waals surface area contributed by atoms with Gasteiger partial charge in [0.2, 0.25) is 0 Å². The van der Waals surface area contributed by atoms with E-state index in [-0.39, 0.29) is 10.7 Å². The average molecular weight is 386 g/mol. The molecule has 27 heavy (non-hydrogen) atoms. The fraction of sp³-hybridized carbons (Fsp3) is 0.368. The van der Waals surface area contributed by atoms with Crippen molar-refractivity contribution in [3.05, 3.63) is 39.2 Å². The molecule has 142 valence electrons. The molecule has 0 bridgehead atoms. The monoisotopic (exact) mass is 386 g/mol. The van der Waals surface area contributed by atoms with Crippen molar-refractivity contribution in [3.8, 4) is 6.07 Å². The number of ether oxygens (including phenoxy) is 1. The molecule has 0 aliphatic rings. The second-order valence-corrected chi connectivity index (χ2v) is 7.03. The standard InChI is InChI=1S/C19H22N4O3S/c1-6-7-23-11(2)8-14(13(23)4)9-15(10-20)17(24)22-19-21-12(3)16(27-19)18(25)26-5/h8-9H,6-7H2,1-5H3,(H,21,22,24). The molecule has 0 aliphatic carbocycles. The maximum absolute atomic E-state index is 12.5. The number of nitrogens with one attached hydrogen (secondary N) is 1. The van der Waals surface area contributed by atoms with E-state index in [1.54, 1.807) is 13.0 Å². The van der Waals surface area contributed by atoms with Gasteiger partial charge >= 0.3 is 5.97 Å². The molecular weight excluding hydrogens is 364 g/mol. The number of thiazole rings is 1. The number of aromatic nitrogens is 2. The summed E-state index contributed by atoms with van der Waals surface area (Å²) < 4.78 is 6.84. The molecule has 0 saturated heterocycles. The van der Waals surface area contributed by atoms with Gasteiger partial charge in [-0.2, -0.15) is 5.26 Å². The van der Waals surface area contributed by atoms with Crippen molar-refractivity contribution in [1.29, 1.82) is 5.26 Å². The highest BCUT2D eigenvalue weighted by molar-refractivity contribution is 7.17. The average Bonchev–Trinajstić information content (AvgIpc) is 3.13. The van der Waals surface area contributed by atoms with E-state index >= 15 is 0 Å². The lowest BCUT2D eigenvalue weighted by Gasteiger charge is -2.07. The lowest BCUT2D eigenvalue weighted by Crippen LogP contribution is -2.13. The second-order valence-electron chi connectivity index (χ2n) is 6.03. The van der Waals surface area contributed by atoms with E-state index in [4.69, 9.17) is 0 Å². The number of nitriles is 1. The Kier molecular flexibility index (Phi) is 6.53. The summed E-state index contributed by atoms with van der Waals surface area (Å²) in [5, 5.41) is 12.2. The first-order chi connectivity index (χ1) is 12.8. The molecule has 0 fully saturated rings. The minimum absolute atomic E-state index is 0.0285. The van der Waals surface area contributed by atoms with E-state index in [0.717, 1.165) is 41.3 Å². The van der Waals surface area contributed by atoms with Crippen LogP contribution in [0.4, 0.5) is 5.13 Å². The van der Waals surface area contributed by atoms with Gasteiger partial charge in [0.1, 0.15) is 16.5 Å². The lowest BCUT2D eigenvalue weighted by atomic mass is 10.1. The first kappa shape index (κ1) is 20.4. The van der Waals surface area contributed by atoms with Gasteiger partial charge in [-0.3, -0.25) is 10.1 Å². The topological polar surface area (TPSA) is 97.0 Å². The Labute approximate surface area is 162 Å². The zero-order valence-electron chi connectivity index (χ0n) is 16.0. The van der Waals surface area contributed by atoms with Gasteiger partial charge in [-0.05, 0) is 44.9 Å². The van der Waals surface area contributed by atoms with Crippen LogP contribution in [-0.2, 0) is 16.1 Å². The minimum atomic E-state index is -0.567. The Morgan fingerprint density at radius 1 is 1.41 bits per heavy atom. The molecule has 0 atom stereocenters. The molecule has 7 nitrogen and oxygen atoms in total. The molecule has 2 aromatic rings. The predicted octanol–water partition coefficient (Wildman–Crippen LogP) is 3.61. The summed E-state index contributed by atoms with van der Waals surface area (Å²) in [6, 6.07) is 3.90. The summed E-state index contributed by atoms with van der Waals surface area (Å²) in [4.78, 5) is 28.6. The first-order valence-corrected chi connectivity index (χ1v) is 9.29. The molecule has 0 radical (unpaired) electrons. The van der Waals surface area contributed by atoms with E-state index in [0.29, 0.717) is 10.6 Å². The Bertz CT molecular complexity index is 947. The Balaban J connectivity index is 2.27. The predicted molar refractivity (Wildman–Crippen MR) is 105 cm³/mol. The maximum atomic E-state index is 12.5.